The largest absolute Gasteiger partial charge is 0.394 e. The number of carbonyl (C=O) groups excluding carboxylic acids is 1. The van der Waals surface area contributed by atoms with Gasteiger partial charge in [-0.05, 0) is 70.6 Å². The van der Waals surface area contributed by atoms with Crippen LogP contribution < -0.4 is 5.32 Å². The fourth-order valence-electron chi connectivity index (χ4n) is 11.3. The molecule has 9 atom stereocenters. The monoisotopic (exact) mass is 1150 g/mol. The van der Waals surface area contributed by atoms with Crippen molar-refractivity contribution in [2.24, 2.45) is 0 Å². The average Bonchev–Trinajstić information content (AvgIpc) is 3.49. The Morgan fingerprint density at radius 2 is 0.765 bits per heavy atom. The number of hydrogen-bond donors (Lipinski definition) is 8. The smallest absolute Gasteiger partial charge is 0.249 e. The molecule has 1 rings (SSSR count). The summed E-state index contributed by atoms with van der Waals surface area (Å²) in [5.74, 6) is -0.702. The summed E-state index contributed by atoms with van der Waals surface area (Å²) in [5, 5.41) is 76.3. The molecule has 1 fully saturated rings. The van der Waals surface area contributed by atoms with Crippen LogP contribution in [-0.4, -0.2) is 110 Å². The molecule has 1 aliphatic rings. The number of rotatable bonds is 61. The van der Waals surface area contributed by atoms with Crippen LogP contribution in [0.4, 0.5) is 0 Å². The van der Waals surface area contributed by atoms with Crippen LogP contribution in [0.1, 0.15) is 335 Å². The highest BCUT2D eigenvalue weighted by Crippen LogP contribution is 2.24. The van der Waals surface area contributed by atoms with Crippen molar-refractivity contribution < 1.29 is 50.0 Å². The van der Waals surface area contributed by atoms with Crippen LogP contribution in [0, 0.1) is 0 Å². The molecule has 0 aromatic heterocycles. The van der Waals surface area contributed by atoms with Gasteiger partial charge in [-0.1, -0.05) is 301 Å². The van der Waals surface area contributed by atoms with Gasteiger partial charge < -0.3 is 50.5 Å². The topological polar surface area (TPSA) is 189 Å². The van der Waals surface area contributed by atoms with Gasteiger partial charge in [0.15, 0.2) is 6.29 Å². The van der Waals surface area contributed by atoms with E-state index in [4.69, 9.17) is 9.47 Å². The van der Waals surface area contributed by atoms with Crippen LogP contribution in [0.25, 0.3) is 0 Å². The number of aliphatic hydroxyl groups excluding tert-OH is 7. The number of ether oxygens (including phenoxy) is 2. The van der Waals surface area contributed by atoms with E-state index in [1.807, 2.05) is 0 Å². The average molecular weight is 1150 g/mol. The quantitative estimate of drug-likeness (QED) is 0.0215. The lowest BCUT2D eigenvalue weighted by Crippen LogP contribution is -2.60. The van der Waals surface area contributed by atoms with E-state index in [9.17, 15) is 40.5 Å². The molecule has 1 aliphatic heterocycles. The highest BCUT2D eigenvalue weighted by atomic mass is 16.7. The van der Waals surface area contributed by atoms with Gasteiger partial charge >= 0.3 is 0 Å². The highest BCUT2D eigenvalue weighted by Gasteiger charge is 2.44. The SMILES string of the molecule is CCCCCCCCCCCCC/C=C/CCCC(O)C(O)C(COC1OC(CO)C(O)C(O)C1O)NC(=O)C(O)CCCCCCCCCCCCCCCCCC/C=C\C/C=C\CCCCCCCCCCCCCCCCC. The minimum Gasteiger partial charge on any atom is -0.394 e. The number of nitrogens with one attached hydrogen (secondary N) is 1. The van der Waals surface area contributed by atoms with Crippen LogP contribution in [0.2, 0.25) is 0 Å². The van der Waals surface area contributed by atoms with Crippen molar-refractivity contribution in [3.8, 4) is 0 Å². The Bertz CT molecular complexity index is 1410. The third-order valence-corrected chi connectivity index (χ3v) is 16.9. The van der Waals surface area contributed by atoms with Gasteiger partial charge in [-0.3, -0.25) is 4.79 Å². The van der Waals surface area contributed by atoms with Gasteiger partial charge in [0.1, 0.15) is 36.6 Å². The van der Waals surface area contributed by atoms with E-state index in [0.717, 1.165) is 44.9 Å². The normalized spacial score (nSPS) is 19.3. The molecule has 0 aliphatic carbocycles. The van der Waals surface area contributed by atoms with E-state index in [2.05, 4.69) is 55.6 Å². The second-order valence-electron chi connectivity index (χ2n) is 24.6. The number of unbranched alkanes of at least 4 members (excludes halogenated alkanes) is 43. The molecule has 0 saturated carbocycles. The minimum absolute atomic E-state index is 0.255. The summed E-state index contributed by atoms with van der Waals surface area (Å²) >= 11 is 0. The van der Waals surface area contributed by atoms with Crippen molar-refractivity contribution in [1.82, 2.24) is 5.32 Å². The van der Waals surface area contributed by atoms with Crippen molar-refractivity contribution in [2.75, 3.05) is 13.2 Å². The molecule has 1 saturated heterocycles. The van der Waals surface area contributed by atoms with Gasteiger partial charge in [0.2, 0.25) is 5.91 Å². The van der Waals surface area contributed by atoms with Crippen molar-refractivity contribution in [2.45, 2.75) is 390 Å². The lowest BCUT2D eigenvalue weighted by atomic mass is 9.98. The second-order valence-corrected chi connectivity index (χ2v) is 24.6. The Balaban J connectivity index is 2.13. The highest BCUT2D eigenvalue weighted by molar-refractivity contribution is 5.80. The summed E-state index contributed by atoms with van der Waals surface area (Å²) in [6, 6.07) is -1.18. The van der Waals surface area contributed by atoms with E-state index in [0.29, 0.717) is 12.8 Å². The molecule has 1 amide bonds. The van der Waals surface area contributed by atoms with Crippen molar-refractivity contribution in [3.63, 3.8) is 0 Å². The zero-order valence-corrected chi connectivity index (χ0v) is 52.8. The van der Waals surface area contributed by atoms with Gasteiger partial charge in [0, 0.05) is 0 Å². The molecule has 8 N–H and O–H groups in total. The molecule has 11 heteroatoms. The van der Waals surface area contributed by atoms with E-state index in [1.54, 1.807) is 0 Å². The first-order valence-electron chi connectivity index (χ1n) is 34.9. The maximum atomic E-state index is 13.2. The van der Waals surface area contributed by atoms with Gasteiger partial charge in [-0.2, -0.15) is 0 Å². The van der Waals surface area contributed by atoms with Crippen molar-refractivity contribution in [3.05, 3.63) is 36.5 Å². The van der Waals surface area contributed by atoms with E-state index < -0.39 is 74.2 Å². The first-order chi connectivity index (χ1) is 39.7. The maximum Gasteiger partial charge on any atom is 0.249 e. The Morgan fingerprint density at radius 1 is 0.432 bits per heavy atom. The molecule has 81 heavy (non-hydrogen) atoms. The molecule has 9 unspecified atom stereocenters. The van der Waals surface area contributed by atoms with Crippen molar-refractivity contribution in [1.29, 1.82) is 0 Å². The molecule has 0 aromatic carbocycles. The number of carbonyl (C=O) groups is 1. The zero-order valence-electron chi connectivity index (χ0n) is 52.8. The summed E-state index contributed by atoms with van der Waals surface area (Å²) in [6.07, 6.45) is 63.9. The summed E-state index contributed by atoms with van der Waals surface area (Å²) < 4.78 is 11.2. The fourth-order valence-corrected chi connectivity index (χ4v) is 11.3. The van der Waals surface area contributed by atoms with Gasteiger partial charge in [-0.25, -0.2) is 0 Å². The Kier molecular flexibility index (Phi) is 56.0. The first-order valence-corrected chi connectivity index (χ1v) is 34.9. The van der Waals surface area contributed by atoms with E-state index >= 15 is 0 Å². The minimum atomic E-state index is -1.67. The molecule has 0 bridgehead atoms. The first kappa shape index (κ1) is 77.3. The van der Waals surface area contributed by atoms with E-state index in [-0.39, 0.29) is 12.8 Å². The number of amides is 1. The molecule has 478 valence electrons. The van der Waals surface area contributed by atoms with Gasteiger partial charge in [0.05, 0.1) is 25.4 Å². The fraction of sp³-hybridized carbons (Fsp3) is 0.900. The molecule has 0 aromatic rings. The summed E-state index contributed by atoms with van der Waals surface area (Å²) in [7, 11) is 0. The Labute approximate surface area is 498 Å². The lowest BCUT2D eigenvalue weighted by molar-refractivity contribution is -0.303. The zero-order chi connectivity index (χ0) is 58.9. The van der Waals surface area contributed by atoms with Crippen LogP contribution in [0.15, 0.2) is 36.5 Å². The predicted octanol–water partition coefficient (Wildman–Crippen LogP) is 16.6. The third kappa shape index (κ3) is 46.3. The molecule has 0 radical (unpaired) electrons. The molecule has 0 spiro atoms. The molecular weight excluding hydrogens is 1010 g/mol. The predicted molar refractivity (Wildman–Crippen MR) is 339 cm³/mol. The molecular formula is C70H133NO10. The van der Waals surface area contributed by atoms with E-state index in [1.165, 1.54) is 250 Å². The molecule has 11 nitrogen and oxygen atoms in total. The van der Waals surface area contributed by atoms with Gasteiger partial charge in [-0.15, -0.1) is 0 Å². The van der Waals surface area contributed by atoms with Crippen LogP contribution in [0.5, 0.6) is 0 Å². The van der Waals surface area contributed by atoms with Crippen LogP contribution in [-0.2, 0) is 14.3 Å². The van der Waals surface area contributed by atoms with Crippen LogP contribution >= 0.6 is 0 Å². The molecule has 1 heterocycles. The summed E-state index contributed by atoms with van der Waals surface area (Å²) in [6.45, 7) is 3.48. The third-order valence-electron chi connectivity index (χ3n) is 16.9. The van der Waals surface area contributed by atoms with Gasteiger partial charge in [0.25, 0.3) is 0 Å². The number of allylic oxidation sites excluding steroid dienone is 6. The van der Waals surface area contributed by atoms with Crippen LogP contribution in [0.3, 0.4) is 0 Å². The summed E-state index contributed by atoms with van der Waals surface area (Å²) in [5.41, 5.74) is 0. The summed E-state index contributed by atoms with van der Waals surface area (Å²) in [4.78, 5) is 13.2. The number of hydrogen-bond acceptors (Lipinski definition) is 10. The standard InChI is InChI=1S/C70H133NO10/c1-3-5-7-9-11-13-15-17-19-21-22-23-24-25-26-27-28-29-30-31-32-33-34-35-36-37-38-39-40-41-42-44-46-48-50-52-54-56-58-63(74)69(79)71-61(60-80-70-68(78)67(77)66(76)64(59-72)81-70)65(75)62(73)57-55-53-51-49-47-45-43-20-18-16-14-12-10-8-6-4-2/h28-29,31-32,49,51,61-68,70,72-78H,3-27,30,33-48,50,52-60H2,1-2H3,(H,71,79)/b29-28-,32-31-,51-49+. The maximum absolute atomic E-state index is 13.2. The number of aliphatic hydroxyl groups is 7. The second kappa shape index (κ2) is 58.7. The lowest BCUT2D eigenvalue weighted by Gasteiger charge is -2.40. The Hall–Kier alpha value is -1.67. The van der Waals surface area contributed by atoms with Crippen molar-refractivity contribution >= 4 is 5.91 Å². The Morgan fingerprint density at radius 3 is 1.14 bits per heavy atom.